The van der Waals surface area contributed by atoms with Crippen LogP contribution in [0.25, 0.3) is 0 Å². The lowest BCUT2D eigenvalue weighted by Crippen LogP contribution is -2.44. The number of carbonyl (C=O) groups is 3. The molecule has 3 N–H and O–H groups in total. The van der Waals surface area contributed by atoms with Gasteiger partial charge in [-0.15, -0.1) is 11.3 Å². The van der Waals surface area contributed by atoms with Gasteiger partial charge in [-0.25, -0.2) is 9.78 Å². The van der Waals surface area contributed by atoms with Crippen LogP contribution in [0.15, 0.2) is 5.38 Å². The molecule has 1 aromatic rings. The van der Waals surface area contributed by atoms with Crippen LogP contribution in [0.2, 0.25) is 0 Å². The predicted molar refractivity (Wildman–Crippen MR) is 68.9 cm³/mol. The summed E-state index contributed by atoms with van der Waals surface area (Å²) in [6.07, 6.45) is 0. The minimum Gasteiger partial charge on any atom is -0.476 e. The lowest BCUT2D eigenvalue weighted by atomic mass is 10.2. The van der Waals surface area contributed by atoms with Gasteiger partial charge in [0.05, 0.1) is 6.04 Å². The number of rotatable bonds is 5. The zero-order valence-corrected chi connectivity index (χ0v) is 11.6. The second kappa shape index (κ2) is 6.28. The van der Waals surface area contributed by atoms with Crippen LogP contribution < -0.4 is 10.6 Å². The molecule has 2 atom stereocenters. The lowest BCUT2D eigenvalue weighted by Gasteiger charge is -2.16. The molecule has 0 fully saturated rings. The maximum absolute atomic E-state index is 11.7. The summed E-state index contributed by atoms with van der Waals surface area (Å²) in [4.78, 5) is 37.2. The molecule has 1 heterocycles. The highest BCUT2D eigenvalue weighted by atomic mass is 32.1. The molecule has 8 heteroatoms. The number of carboxylic acids is 1. The predicted octanol–water partition coefficient (Wildman–Crippen LogP) is 0.543. The summed E-state index contributed by atoms with van der Waals surface area (Å²) < 4.78 is 0. The van der Waals surface area contributed by atoms with Crippen LogP contribution in [0.1, 0.15) is 42.3 Å². The molecule has 0 saturated heterocycles. The minimum absolute atomic E-state index is 0.0454. The normalized spacial score (nSPS) is 13.4. The Morgan fingerprint density at radius 2 is 1.95 bits per heavy atom. The zero-order valence-electron chi connectivity index (χ0n) is 10.8. The van der Waals surface area contributed by atoms with E-state index in [2.05, 4.69) is 15.6 Å². The van der Waals surface area contributed by atoms with Crippen molar-refractivity contribution in [3.63, 3.8) is 0 Å². The number of thiazole rings is 1. The quantitative estimate of drug-likeness (QED) is 0.732. The summed E-state index contributed by atoms with van der Waals surface area (Å²) in [6.45, 7) is 4.59. The number of hydrogen-bond acceptors (Lipinski definition) is 5. The Hall–Kier alpha value is -1.96. The van der Waals surface area contributed by atoms with Crippen LogP contribution in [0.4, 0.5) is 0 Å². The molecule has 19 heavy (non-hydrogen) atoms. The lowest BCUT2D eigenvalue weighted by molar-refractivity contribution is -0.128. The second-order valence-electron chi connectivity index (χ2n) is 4.03. The van der Waals surface area contributed by atoms with E-state index in [1.54, 1.807) is 13.8 Å². The molecule has 0 aliphatic heterocycles. The molecule has 0 aliphatic rings. The molecule has 0 aliphatic carbocycles. The Labute approximate surface area is 114 Å². The average Bonchev–Trinajstić information content (AvgIpc) is 2.77. The van der Waals surface area contributed by atoms with Crippen molar-refractivity contribution in [3.05, 3.63) is 16.1 Å². The van der Waals surface area contributed by atoms with Crippen molar-refractivity contribution in [2.45, 2.75) is 32.9 Å². The Balaban J connectivity index is 2.63. The van der Waals surface area contributed by atoms with Gasteiger partial charge in [0.1, 0.15) is 11.0 Å². The molecule has 104 valence electrons. The fraction of sp³-hybridized carbons (Fsp3) is 0.455. The average molecular weight is 285 g/mol. The number of aromatic carboxylic acids is 1. The molecule has 1 rings (SSSR count). The molecule has 1 aromatic heterocycles. The standard InChI is InChI=1S/C11H15N3O4S/c1-5(12-7(3)15)9(16)13-6(2)10-14-8(4-19-10)11(17)18/h4-6H,1-3H3,(H,12,15)(H,13,16)(H,17,18). The Bertz CT molecular complexity index is 500. The van der Waals surface area contributed by atoms with Crippen molar-refractivity contribution in [2.24, 2.45) is 0 Å². The Kier molecular flexibility index (Phi) is 4.99. The van der Waals surface area contributed by atoms with Crippen LogP contribution >= 0.6 is 11.3 Å². The highest BCUT2D eigenvalue weighted by Crippen LogP contribution is 2.17. The minimum atomic E-state index is -1.10. The van der Waals surface area contributed by atoms with E-state index in [-0.39, 0.29) is 17.5 Å². The van der Waals surface area contributed by atoms with Crippen molar-refractivity contribution in [1.29, 1.82) is 0 Å². The molecule has 0 bridgehead atoms. The summed E-state index contributed by atoms with van der Waals surface area (Å²) in [5.41, 5.74) is -0.0454. The smallest absolute Gasteiger partial charge is 0.355 e. The van der Waals surface area contributed by atoms with Gasteiger partial charge in [-0.05, 0) is 13.8 Å². The monoisotopic (exact) mass is 285 g/mol. The van der Waals surface area contributed by atoms with Crippen LogP contribution in [0.5, 0.6) is 0 Å². The summed E-state index contributed by atoms with van der Waals surface area (Å²) >= 11 is 1.16. The third-order valence-corrected chi connectivity index (χ3v) is 3.31. The number of carbonyl (C=O) groups excluding carboxylic acids is 2. The molecular formula is C11H15N3O4S. The van der Waals surface area contributed by atoms with Crippen LogP contribution in [-0.2, 0) is 9.59 Å². The van der Waals surface area contributed by atoms with Gasteiger partial charge in [-0.2, -0.15) is 0 Å². The SMILES string of the molecule is CC(=O)NC(C)C(=O)NC(C)c1nc(C(=O)O)cs1. The van der Waals surface area contributed by atoms with Gasteiger partial charge in [0.2, 0.25) is 11.8 Å². The highest BCUT2D eigenvalue weighted by molar-refractivity contribution is 7.09. The van der Waals surface area contributed by atoms with Gasteiger partial charge in [-0.3, -0.25) is 9.59 Å². The van der Waals surface area contributed by atoms with Crippen LogP contribution in [0.3, 0.4) is 0 Å². The summed E-state index contributed by atoms with van der Waals surface area (Å²) in [5.74, 6) is -1.75. The van der Waals surface area contributed by atoms with E-state index in [1.165, 1.54) is 12.3 Å². The maximum atomic E-state index is 11.7. The van der Waals surface area contributed by atoms with E-state index >= 15 is 0 Å². The van der Waals surface area contributed by atoms with Gasteiger partial charge in [0, 0.05) is 12.3 Å². The van der Waals surface area contributed by atoms with Crippen molar-refractivity contribution < 1.29 is 19.5 Å². The van der Waals surface area contributed by atoms with Gasteiger partial charge >= 0.3 is 5.97 Å². The largest absolute Gasteiger partial charge is 0.476 e. The first-order valence-corrected chi connectivity index (χ1v) is 6.45. The van der Waals surface area contributed by atoms with E-state index in [4.69, 9.17) is 5.11 Å². The van der Waals surface area contributed by atoms with Crippen molar-refractivity contribution in [3.8, 4) is 0 Å². The van der Waals surface area contributed by atoms with E-state index in [0.717, 1.165) is 11.3 Å². The molecule has 0 aromatic carbocycles. The fourth-order valence-electron chi connectivity index (χ4n) is 1.36. The van der Waals surface area contributed by atoms with Gasteiger partial charge in [0.15, 0.2) is 5.69 Å². The first-order chi connectivity index (χ1) is 8.81. The fourth-order valence-corrected chi connectivity index (χ4v) is 2.16. The molecule has 0 saturated carbocycles. The van der Waals surface area contributed by atoms with Crippen molar-refractivity contribution >= 4 is 29.1 Å². The number of nitrogens with zero attached hydrogens (tertiary/aromatic N) is 1. The number of aromatic nitrogens is 1. The van der Waals surface area contributed by atoms with E-state index in [1.807, 2.05) is 0 Å². The molecule has 2 amide bonds. The topological polar surface area (TPSA) is 108 Å². The zero-order chi connectivity index (χ0) is 14.6. The van der Waals surface area contributed by atoms with Crippen molar-refractivity contribution in [2.75, 3.05) is 0 Å². The third-order valence-electron chi connectivity index (χ3n) is 2.28. The summed E-state index contributed by atoms with van der Waals surface area (Å²) in [5, 5.41) is 15.8. The first-order valence-electron chi connectivity index (χ1n) is 5.57. The summed E-state index contributed by atoms with van der Waals surface area (Å²) in [7, 11) is 0. The number of amides is 2. The first kappa shape index (κ1) is 15.1. The van der Waals surface area contributed by atoms with E-state index in [0.29, 0.717) is 5.01 Å². The molecule has 7 nitrogen and oxygen atoms in total. The number of nitrogens with one attached hydrogen (secondary N) is 2. The second-order valence-corrected chi connectivity index (χ2v) is 4.92. The van der Waals surface area contributed by atoms with E-state index < -0.39 is 18.1 Å². The molecule has 0 spiro atoms. The third kappa shape index (κ3) is 4.32. The number of carboxylic acid groups (broad SMARTS) is 1. The van der Waals surface area contributed by atoms with Gasteiger partial charge in [0.25, 0.3) is 0 Å². The van der Waals surface area contributed by atoms with Crippen LogP contribution in [0, 0.1) is 0 Å². The number of hydrogen-bond donors (Lipinski definition) is 3. The van der Waals surface area contributed by atoms with Crippen molar-refractivity contribution in [1.82, 2.24) is 15.6 Å². The Morgan fingerprint density at radius 3 is 2.42 bits per heavy atom. The van der Waals surface area contributed by atoms with Gasteiger partial charge < -0.3 is 15.7 Å². The molecule has 0 radical (unpaired) electrons. The van der Waals surface area contributed by atoms with Gasteiger partial charge in [-0.1, -0.05) is 0 Å². The Morgan fingerprint density at radius 1 is 1.32 bits per heavy atom. The highest BCUT2D eigenvalue weighted by Gasteiger charge is 2.19. The summed E-state index contributed by atoms with van der Waals surface area (Å²) in [6, 6.07) is -1.07. The molecule has 2 unspecified atom stereocenters. The van der Waals surface area contributed by atoms with E-state index in [9.17, 15) is 14.4 Å². The van der Waals surface area contributed by atoms with Crippen LogP contribution in [-0.4, -0.2) is 33.9 Å². The molecular weight excluding hydrogens is 270 g/mol. The maximum Gasteiger partial charge on any atom is 0.355 e.